The van der Waals surface area contributed by atoms with Crippen LogP contribution in [0.1, 0.15) is 5.69 Å². The maximum absolute atomic E-state index is 15.1. The number of ether oxygens (including phenoxy) is 3. The van der Waals surface area contributed by atoms with E-state index in [0.717, 1.165) is 18.0 Å². The largest absolute Gasteiger partial charge is 0.454 e. The minimum absolute atomic E-state index is 0.00494. The van der Waals surface area contributed by atoms with E-state index in [4.69, 9.17) is 14.2 Å². The lowest BCUT2D eigenvalue weighted by Gasteiger charge is -2.10. The highest BCUT2D eigenvalue weighted by Gasteiger charge is 2.21. The van der Waals surface area contributed by atoms with Gasteiger partial charge in [-0.25, -0.2) is 13.8 Å². The van der Waals surface area contributed by atoms with Gasteiger partial charge in [0.1, 0.15) is 6.33 Å². The number of rotatable bonds is 5. The first-order chi connectivity index (χ1) is 17.0. The van der Waals surface area contributed by atoms with Crippen LogP contribution in [-0.4, -0.2) is 31.9 Å². The standard InChI is InChI=1S/C23H15F3N6O3/c1-10-4-12-19(25)17(6-13(24)21(12)29-10)35-23-20(26)22(27-8-28-23)30-18-7-14(31-32-18)11-2-3-15-16(5-11)34-9-33-15/h2-8,29H,9H2,1H3,(H2,27,28,30,31,32). The van der Waals surface area contributed by atoms with E-state index in [2.05, 4.69) is 30.5 Å². The summed E-state index contributed by atoms with van der Waals surface area (Å²) in [7, 11) is 0. The molecule has 4 heterocycles. The second kappa shape index (κ2) is 7.94. The Morgan fingerprint density at radius 2 is 1.86 bits per heavy atom. The minimum Gasteiger partial charge on any atom is -0.454 e. The second-order valence-electron chi connectivity index (χ2n) is 7.71. The third kappa shape index (κ3) is 3.64. The first-order valence-corrected chi connectivity index (χ1v) is 10.3. The summed E-state index contributed by atoms with van der Waals surface area (Å²) < 4.78 is 60.3. The number of halogens is 3. The van der Waals surface area contributed by atoms with E-state index >= 15 is 4.39 Å². The molecule has 2 aromatic carbocycles. The molecular formula is C23H15F3N6O3. The number of H-pyrrole nitrogens is 2. The average molecular weight is 480 g/mol. The number of hydrogen-bond acceptors (Lipinski definition) is 7. The van der Waals surface area contributed by atoms with Crippen molar-refractivity contribution in [1.29, 1.82) is 0 Å². The zero-order chi connectivity index (χ0) is 24.1. The Balaban J connectivity index is 1.26. The molecule has 3 aromatic heterocycles. The van der Waals surface area contributed by atoms with Crippen molar-refractivity contribution in [3.05, 3.63) is 65.9 Å². The third-order valence-electron chi connectivity index (χ3n) is 5.37. The van der Waals surface area contributed by atoms with Gasteiger partial charge in [0.15, 0.2) is 40.5 Å². The minimum atomic E-state index is -1.01. The van der Waals surface area contributed by atoms with Gasteiger partial charge >= 0.3 is 0 Å². The highest BCUT2D eigenvalue weighted by atomic mass is 19.1. The molecule has 0 amide bonds. The van der Waals surface area contributed by atoms with E-state index in [0.29, 0.717) is 22.9 Å². The summed E-state index contributed by atoms with van der Waals surface area (Å²) in [4.78, 5) is 10.3. The van der Waals surface area contributed by atoms with Crippen molar-refractivity contribution in [2.75, 3.05) is 12.1 Å². The van der Waals surface area contributed by atoms with Gasteiger partial charge < -0.3 is 24.5 Å². The van der Waals surface area contributed by atoms with Gasteiger partial charge in [0.25, 0.3) is 5.88 Å². The molecule has 35 heavy (non-hydrogen) atoms. The molecule has 0 spiro atoms. The van der Waals surface area contributed by atoms with Crippen LogP contribution in [0.2, 0.25) is 0 Å². The van der Waals surface area contributed by atoms with E-state index in [-0.39, 0.29) is 29.3 Å². The smallest absolute Gasteiger partial charge is 0.261 e. The quantitative estimate of drug-likeness (QED) is 0.312. The average Bonchev–Trinajstić information content (AvgIpc) is 3.59. The number of aryl methyl sites for hydroxylation is 1. The fourth-order valence-corrected chi connectivity index (χ4v) is 3.74. The predicted octanol–water partition coefficient (Wildman–Crippen LogP) is 5.34. The zero-order valence-electron chi connectivity index (χ0n) is 17.9. The molecular weight excluding hydrogens is 465 g/mol. The molecule has 12 heteroatoms. The van der Waals surface area contributed by atoms with E-state index in [1.54, 1.807) is 25.1 Å². The number of aromatic amines is 2. The van der Waals surface area contributed by atoms with Gasteiger partial charge in [0, 0.05) is 28.8 Å². The Labute approximate surface area is 194 Å². The molecule has 0 saturated heterocycles. The van der Waals surface area contributed by atoms with Crippen LogP contribution < -0.4 is 19.5 Å². The maximum atomic E-state index is 15.1. The van der Waals surface area contributed by atoms with E-state index in [9.17, 15) is 8.78 Å². The van der Waals surface area contributed by atoms with Gasteiger partial charge in [-0.2, -0.15) is 14.5 Å². The summed E-state index contributed by atoms with van der Waals surface area (Å²) in [6.07, 6.45) is 1.03. The van der Waals surface area contributed by atoms with Crippen molar-refractivity contribution in [2.45, 2.75) is 6.92 Å². The topological polar surface area (TPSA) is 110 Å². The summed E-state index contributed by atoms with van der Waals surface area (Å²) in [5.41, 5.74) is 1.96. The Hall–Kier alpha value is -4.74. The van der Waals surface area contributed by atoms with Crippen molar-refractivity contribution in [3.8, 4) is 34.4 Å². The zero-order valence-corrected chi connectivity index (χ0v) is 17.9. The van der Waals surface area contributed by atoms with E-state index in [1.807, 2.05) is 6.07 Å². The molecule has 9 nitrogen and oxygen atoms in total. The van der Waals surface area contributed by atoms with Crippen LogP contribution in [0, 0.1) is 24.4 Å². The summed E-state index contributed by atoms with van der Waals surface area (Å²) in [6, 6.07) is 9.27. The summed E-state index contributed by atoms with van der Waals surface area (Å²) in [5, 5.41) is 9.66. The lowest BCUT2D eigenvalue weighted by molar-refractivity contribution is 0.174. The summed E-state index contributed by atoms with van der Waals surface area (Å²) >= 11 is 0. The summed E-state index contributed by atoms with van der Waals surface area (Å²) in [6.45, 7) is 1.82. The van der Waals surface area contributed by atoms with E-state index < -0.39 is 29.1 Å². The first kappa shape index (κ1) is 20.8. The lowest BCUT2D eigenvalue weighted by atomic mass is 10.1. The number of anilines is 2. The van der Waals surface area contributed by atoms with Gasteiger partial charge in [-0.05, 0) is 31.2 Å². The van der Waals surface area contributed by atoms with Crippen molar-refractivity contribution >= 4 is 22.5 Å². The highest BCUT2D eigenvalue weighted by molar-refractivity contribution is 5.83. The Morgan fingerprint density at radius 3 is 2.74 bits per heavy atom. The van der Waals surface area contributed by atoms with Crippen LogP contribution in [0.25, 0.3) is 22.2 Å². The number of fused-ring (bicyclic) bond motifs is 2. The SMILES string of the molecule is Cc1cc2c(F)c(Oc3ncnc(Nc4cc(-c5ccc6c(c5)OCO6)[nH]n4)c3F)cc(F)c2[nH]1. The number of hydrogen-bond donors (Lipinski definition) is 3. The molecule has 0 saturated carbocycles. The molecule has 0 fully saturated rings. The molecule has 0 unspecified atom stereocenters. The molecule has 176 valence electrons. The van der Waals surface area contributed by atoms with Crippen molar-refractivity contribution in [1.82, 2.24) is 25.1 Å². The molecule has 5 aromatic rings. The van der Waals surface area contributed by atoms with Gasteiger partial charge in [-0.15, -0.1) is 0 Å². The lowest BCUT2D eigenvalue weighted by Crippen LogP contribution is -2.02. The summed E-state index contributed by atoms with van der Waals surface area (Å²) in [5.74, 6) is -2.47. The molecule has 0 aliphatic carbocycles. The molecule has 3 N–H and O–H groups in total. The van der Waals surface area contributed by atoms with Gasteiger partial charge in [0.05, 0.1) is 11.2 Å². The van der Waals surface area contributed by atoms with Crippen molar-refractivity contribution in [3.63, 3.8) is 0 Å². The molecule has 1 aliphatic rings. The van der Waals surface area contributed by atoms with Crippen LogP contribution in [0.3, 0.4) is 0 Å². The molecule has 0 bridgehead atoms. The van der Waals surface area contributed by atoms with Crippen molar-refractivity contribution < 1.29 is 27.4 Å². The van der Waals surface area contributed by atoms with Crippen molar-refractivity contribution in [2.24, 2.45) is 0 Å². The van der Waals surface area contributed by atoms with Crippen LogP contribution in [-0.2, 0) is 0 Å². The van der Waals surface area contributed by atoms with Gasteiger partial charge in [-0.1, -0.05) is 0 Å². The first-order valence-electron chi connectivity index (χ1n) is 10.3. The fourth-order valence-electron chi connectivity index (χ4n) is 3.74. The Kier molecular flexibility index (Phi) is 4.73. The number of nitrogens with one attached hydrogen (secondary N) is 3. The number of aromatic nitrogens is 5. The van der Waals surface area contributed by atoms with Gasteiger partial charge in [-0.3, -0.25) is 5.10 Å². The molecule has 1 aliphatic heterocycles. The maximum Gasteiger partial charge on any atom is 0.261 e. The fraction of sp³-hybridized carbons (Fsp3) is 0.0870. The third-order valence-corrected chi connectivity index (χ3v) is 5.37. The highest BCUT2D eigenvalue weighted by Crippen LogP contribution is 2.37. The van der Waals surface area contributed by atoms with Crippen LogP contribution in [0.5, 0.6) is 23.1 Å². The second-order valence-corrected chi connectivity index (χ2v) is 7.71. The monoisotopic (exact) mass is 480 g/mol. The number of nitrogens with zero attached hydrogens (tertiary/aromatic N) is 3. The molecule has 0 atom stereocenters. The molecule has 0 radical (unpaired) electrons. The Bertz CT molecular complexity index is 1600. The van der Waals surface area contributed by atoms with E-state index in [1.165, 1.54) is 6.07 Å². The van der Waals surface area contributed by atoms with Crippen LogP contribution in [0.4, 0.5) is 24.8 Å². The van der Waals surface area contributed by atoms with Crippen LogP contribution in [0.15, 0.2) is 42.7 Å². The Morgan fingerprint density at radius 1 is 1.00 bits per heavy atom. The predicted molar refractivity (Wildman–Crippen MR) is 118 cm³/mol. The normalized spacial score (nSPS) is 12.3. The molecule has 6 rings (SSSR count). The number of benzene rings is 2. The van der Waals surface area contributed by atoms with Gasteiger partial charge in [0.2, 0.25) is 12.6 Å². The van der Waals surface area contributed by atoms with Crippen LogP contribution >= 0.6 is 0 Å².